The number of para-hydroxylation sites is 2. The van der Waals surface area contributed by atoms with Gasteiger partial charge >= 0.3 is 0 Å². The number of hydrogen-bond acceptors (Lipinski definition) is 1. The van der Waals surface area contributed by atoms with Gasteiger partial charge in [0.1, 0.15) is 11.2 Å². The summed E-state index contributed by atoms with van der Waals surface area (Å²) in [5.74, 6) is 0. The first-order chi connectivity index (χ1) is 28.8. The summed E-state index contributed by atoms with van der Waals surface area (Å²) in [6.07, 6.45) is 0. The number of rotatable bonds is 3. The van der Waals surface area contributed by atoms with E-state index in [-0.39, 0.29) is 84.3 Å². The van der Waals surface area contributed by atoms with Crippen LogP contribution < -0.4 is 0 Å². The minimum absolute atomic E-state index is 0.0451. The molecule has 0 radical (unpaired) electrons. The van der Waals surface area contributed by atoms with E-state index in [1.165, 1.54) is 24.3 Å². The molecule has 0 aliphatic heterocycles. The van der Waals surface area contributed by atoms with Crippen molar-refractivity contribution < 1.29 is 29.1 Å². The fourth-order valence-electron chi connectivity index (χ4n) is 5.80. The molecule has 9 rings (SSSR count). The Bertz CT molecular complexity index is 3420. The fourth-order valence-corrected chi connectivity index (χ4v) is 5.80. The molecule has 0 bridgehead atoms. The molecule has 9 aromatic rings. The minimum Gasteiger partial charge on any atom is -0.455 e. The van der Waals surface area contributed by atoms with Crippen LogP contribution in [0, 0.1) is 0 Å². The average Bonchev–Trinajstić information content (AvgIpc) is 3.63. The molecular formula is C42H26O. The van der Waals surface area contributed by atoms with Crippen LogP contribution in [-0.2, 0) is 0 Å². The molecule has 1 aromatic heterocycles. The van der Waals surface area contributed by atoms with Gasteiger partial charge in [-0.3, -0.25) is 0 Å². The van der Waals surface area contributed by atoms with Crippen molar-refractivity contribution in [3.8, 4) is 33.4 Å². The normalized spacial score (nSPS) is 17.6. The van der Waals surface area contributed by atoms with Gasteiger partial charge in [0.15, 0.2) is 0 Å². The average molecular weight is 565 g/mol. The molecule has 43 heavy (non-hydrogen) atoms. The Morgan fingerprint density at radius 2 is 0.907 bits per heavy atom. The standard InChI is InChI=1S/C42H26O/c1-2-13-30-27(11-1)12-9-20-33(30)41-36-17-5-3-15-34(36)40(35-16-4-6-18-37(35)41)29-25-23-28(24-26-29)31-19-10-21-38-32-14-7-8-22-39(32)43-42(31)38/h1-26H/i1D,2D,3D,4D,5D,6D,7D,8D,9D,10D,11D,12D,13D,14D,19D,20D,21D,22D. The highest BCUT2D eigenvalue weighted by Crippen LogP contribution is 2.45. The smallest absolute Gasteiger partial charge is 0.143 e. The summed E-state index contributed by atoms with van der Waals surface area (Å²) in [5.41, 5.74) is 0.831. The molecule has 0 saturated carbocycles. The van der Waals surface area contributed by atoms with Crippen LogP contribution in [0.1, 0.15) is 24.7 Å². The Kier molecular flexibility index (Phi) is 2.70. The first kappa shape index (κ1) is 12.3. The Labute approximate surface area is 274 Å². The lowest BCUT2D eigenvalue weighted by atomic mass is 9.84. The van der Waals surface area contributed by atoms with Crippen molar-refractivity contribution in [3.05, 3.63) is 157 Å². The van der Waals surface area contributed by atoms with Gasteiger partial charge in [-0.25, -0.2) is 0 Å². The molecule has 0 saturated heterocycles. The van der Waals surface area contributed by atoms with Crippen molar-refractivity contribution in [2.45, 2.75) is 0 Å². The summed E-state index contributed by atoms with van der Waals surface area (Å²) in [7, 11) is 0. The van der Waals surface area contributed by atoms with Crippen LogP contribution in [0.2, 0.25) is 0 Å². The van der Waals surface area contributed by atoms with Crippen LogP contribution in [0.5, 0.6) is 0 Å². The van der Waals surface area contributed by atoms with Crippen molar-refractivity contribution in [1.29, 1.82) is 0 Å². The number of hydrogen-bond donors (Lipinski definition) is 0. The van der Waals surface area contributed by atoms with Gasteiger partial charge < -0.3 is 4.42 Å². The largest absolute Gasteiger partial charge is 0.455 e. The highest BCUT2D eigenvalue weighted by atomic mass is 16.3. The van der Waals surface area contributed by atoms with Gasteiger partial charge in [0.2, 0.25) is 0 Å². The summed E-state index contributed by atoms with van der Waals surface area (Å²) in [4.78, 5) is 0. The van der Waals surface area contributed by atoms with Crippen molar-refractivity contribution in [2.24, 2.45) is 0 Å². The van der Waals surface area contributed by atoms with Gasteiger partial charge in [0, 0.05) is 16.3 Å². The lowest BCUT2D eigenvalue weighted by Crippen LogP contribution is -1.91. The second-order valence-electron chi connectivity index (χ2n) is 9.90. The fraction of sp³-hybridized carbons (Fsp3) is 0. The number of fused-ring (bicyclic) bond motifs is 6. The van der Waals surface area contributed by atoms with Crippen molar-refractivity contribution in [1.82, 2.24) is 0 Å². The summed E-state index contributed by atoms with van der Waals surface area (Å²) in [6.45, 7) is 0. The predicted octanol–water partition coefficient (Wildman–Crippen LogP) is 12.0. The molecule has 0 aliphatic carbocycles. The van der Waals surface area contributed by atoms with Gasteiger partial charge in [0.25, 0.3) is 0 Å². The second kappa shape index (κ2) is 9.44. The summed E-state index contributed by atoms with van der Waals surface area (Å²) >= 11 is 0. The predicted molar refractivity (Wildman–Crippen MR) is 183 cm³/mol. The van der Waals surface area contributed by atoms with E-state index in [0.29, 0.717) is 27.5 Å². The van der Waals surface area contributed by atoms with Gasteiger partial charge in [-0.2, -0.15) is 0 Å². The van der Waals surface area contributed by atoms with Crippen molar-refractivity contribution in [3.63, 3.8) is 0 Å². The summed E-state index contributed by atoms with van der Waals surface area (Å²) in [5, 5.41) is 0.372. The van der Waals surface area contributed by atoms with E-state index in [9.17, 15) is 1.37 Å². The van der Waals surface area contributed by atoms with E-state index >= 15 is 0 Å². The Morgan fingerprint density at radius 3 is 1.65 bits per heavy atom. The van der Waals surface area contributed by atoms with Crippen LogP contribution in [0.3, 0.4) is 0 Å². The maximum absolute atomic E-state index is 9.18. The van der Waals surface area contributed by atoms with Crippen LogP contribution in [-0.4, -0.2) is 0 Å². The molecule has 0 fully saturated rings. The Morgan fingerprint density at radius 1 is 0.372 bits per heavy atom. The molecule has 1 nitrogen and oxygen atoms in total. The third kappa shape index (κ3) is 3.65. The second-order valence-corrected chi connectivity index (χ2v) is 9.90. The molecule has 0 N–H and O–H groups in total. The lowest BCUT2D eigenvalue weighted by molar-refractivity contribution is 0.670. The van der Waals surface area contributed by atoms with E-state index in [0.717, 1.165) is 0 Å². The molecule has 0 unspecified atom stereocenters. The van der Waals surface area contributed by atoms with Crippen LogP contribution in [0.4, 0.5) is 0 Å². The molecule has 8 aromatic carbocycles. The quantitative estimate of drug-likeness (QED) is 0.195. The first-order valence-corrected chi connectivity index (χ1v) is 13.3. The van der Waals surface area contributed by atoms with E-state index in [1.54, 1.807) is 24.3 Å². The van der Waals surface area contributed by atoms with Crippen LogP contribution >= 0.6 is 0 Å². The van der Waals surface area contributed by atoms with Crippen LogP contribution in [0.25, 0.3) is 87.6 Å². The molecule has 1 heterocycles. The van der Waals surface area contributed by atoms with Gasteiger partial charge in [-0.15, -0.1) is 0 Å². The number of furan rings is 1. The number of benzene rings is 8. The molecule has 0 aliphatic rings. The van der Waals surface area contributed by atoms with E-state index < -0.39 is 84.6 Å². The maximum Gasteiger partial charge on any atom is 0.143 e. The molecule has 1 heteroatoms. The Balaban J connectivity index is 1.39. The monoisotopic (exact) mass is 564 g/mol. The minimum atomic E-state index is -0.641. The van der Waals surface area contributed by atoms with Crippen LogP contribution in [0.15, 0.2) is 162 Å². The first-order valence-electron chi connectivity index (χ1n) is 22.3. The Hall–Kier alpha value is -5.66. The zero-order chi connectivity index (χ0) is 44.0. The zero-order valence-electron chi connectivity index (χ0n) is 40.0. The molecule has 0 amide bonds. The highest BCUT2D eigenvalue weighted by Gasteiger charge is 2.18. The summed E-state index contributed by atoms with van der Waals surface area (Å²) in [6, 6.07) is 3.47. The lowest BCUT2D eigenvalue weighted by Gasteiger charge is -2.19. The summed E-state index contributed by atoms with van der Waals surface area (Å²) < 4.78 is 161. The van der Waals surface area contributed by atoms with E-state index in [1.807, 2.05) is 0 Å². The van der Waals surface area contributed by atoms with Crippen molar-refractivity contribution in [2.75, 3.05) is 0 Å². The third-order valence-corrected chi connectivity index (χ3v) is 7.65. The van der Waals surface area contributed by atoms with E-state index in [4.69, 9.17) is 27.7 Å². The molecule has 0 atom stereocenters. The third-order valence-electron chi connectivity index (χ3n) is 7.65. The molecular weight excluding hydrogens is 520 g/mol. The SMILES string of the molecule is [2H]c1cc2c(-c3ccc(-c4c([2H])c([2H])c([2H])c5c4oc4c([2H])c([2H])c([2H])c([2H])c45)cc3)c3cc([2H])c([2H])cc3c(-c3c([2H])c([2H])c([2H])c4c([2H])c([2H])c([2H])c([2H])c34)c2cc1[2H]. The van der Waals surface area contributed by atoms with Gasteiger partial charge in [-0.1, -0.05) is 151 Å². The van der Waals surface area contributed by atoms with Crippen molar-refractivity contribution >= 4 is 54.3 Å². The highest BCUT2D eigenvalue weighted by molar-refractivity contribution is 6.23. The van der Waals surface area contributed by atoms with Gasteiger partial charge in [0.05, 0.1) is 24.7 Å². The maximum atomic E-state index is 9.18. The zero-order valence-corrected chi connectivity index (χ0v) is 22.0. The van der Waals surface area contributed by atoms with Gasteiger partial charge in [-0.05, 0) is 66.2 Å². The van der Waals surface area contributed by atoms with E-state index in [2.05, 4.69) is 0 Å². The molecule has 200 valence electrons. The molecule has 0 spiro atoms. The topological polar surface area (TPSA) is 13.1 Å².